The fraction of sp³-hybridized carbons (Fsp3) is 0.613. The lowest BCUT2D eigenvalue weighted by molar-refractivity contribution is 0.0484. The topological polar surface area (TPSA) is 93.1 Å². The summed E-state index contributed by atoms with van der Waals surface area (Å²) in [4.78, 5) is 26.9. The summed E-state index contributed by atoms with van der Waals surface area (Å²) in [6, 6.07) is 18.8. The zero-order valence-corrected chi connectivity index (χ0v) is 43.0. The molecule has 6 heteroatoms. The zero-order valence-electron chi connectivity index (χ0n) is 43.0. The van der Waals surface area contributed by atoms with Gasteiger partial charge in [0.25, 0.3) is 0 Å². The molecule has 4 aromatic carbocycles. The van der Waals surface area contributed by atoms with Crippen molar-refractivity contribution in [2.45, 2.75) is 232 Å². The first-order valence-electron chi connectivity index (χ1n) is 27.8. The predicted molar refractivity (Wildman–Crippen MR) is 287 cm³/mol. The molecule has 0 bridgehead atoms. The van der Waals surface area contributed by atoms with Gasteiger partial charge in [-0.2, -0.15) is 0 Å². The second-order valence-electron chi connectivity index (χ2n) is 19.9. The number of esters is 2. The van der Waals surface area contributed by atoms with Crippen molar-refractivity contribution in [2.24, 2.45) is 0 Å². The van der Waals surface area contributed by atoms with Gasteiger partial charge in [0.05, 0.1) is 13.2 Å². The van der Waals surface area contributed by atoms with E-state index in [1.807, 2.05) is 48.5 Å². The van der Waals surface area contributed by atoms with E-state index >= 15 is 0 Å². The second kappa shape index (κ2) is 34.9. The van der Waals surface area contributed by atoms with Gasteiger partial charge in [0.1, 0.15) is 22.6 Å². The number of unbranched alkanes of at least 4 members (excludes halogenated alkanes) is 30. The number of phenols is 2. The van der Waals surface area contributed by atoms with Crippen LogP contribution < -0.4 is 0 Å². The van der Waals surface area contributed by atoms with Crippen LogP contribution in [0.2, 0.25) is 0 Å². The van der Waals surface area contributed by atoms with E-state index in [2.05, 4.69) is 20.4 Å². The van der Waals surface area contributed by atoms with E-state index in [9.17, 15) is 19.8 Å². The van der Waals surface area contributed by atoms with Crippen molar-refractivity contribution >= 4 is 33.5 Å². The van der Waals surface area contributed by atoms with E-state index in [0.717, 1.165) is 60.1 Å². The molecule has 0 unspecified atom stereocenters. The van der Waals surface area contributed by atoms with Crippen molar-refractivity contribution < 1.29 is 29.3 Å². The van der Waals surface area contributed by atoms with Gasteiger partial charge >= 0.3 is 11.9 Å². The Kier molecular flexibility index (Phi) is 28.9. The Hall–Kier alpha value is -4.32. The molecule has 0 spiro atoms. The largest absolute Gasteiger partial charge is 0.507 e. The fourth-order valence-electron chi connectivity index (χ4n) is 9.84. The summed E-state index contributed by atoms with van der Waals surface area (Å²) in [5.41, 5.74) is 2.17. The molecule has 6 nitrogen and oxygen atoms in total. The molecule has 0 heterocycles. The van der Waals surface area contributed by atoms with Crippen LogP contribution in [0.25, 0.3) is 21.5 Å². The molecule has 0 aliphatic carbocycles. The lowest BCUT2D eigenvalue weighted by atomic mass is 9.90. The Labute approximate surface area is 413 Å². The molecule has 4 rings (SSSR count). The number of carbonyl (C=O) groups excluding carboxylic acids is 2. The Balaban J connectivity index is 1.20. The molecule has 0 atom stereocenters. The van der Waals surface area contributed by atoms with Gasteiger partial charge in [0, 0.05) is 11.1 Å². The highest BCUT2D eigenvalue weighted by molar-refractivity contribution is 6.02. The third-order valence-corrected chi connectivity index (χ3v) is 14.0. The maximum Gasteiger partial charge on any atom is 0.341 e. The third-order valence-electron chi connectivity index (χ3n) is 14.0. The minimum Gasteiger partial charge on any atom is -0.507 e. The lowest BCUT2D eigenvalue weighted by Crippen LogP contribution is -2.09. The van der Waals surface area contributed by atoms with Gasteiger partial charge in [-0.1, -0.05) is 267 Å². The Morgan fingerprint density at radius 3 is 0.971 bits per heavy atom. The smallest absolute Gasteiger partial charge is 0.341 e. The van der Waals surface area contributed by atoms with Crippen LogP contribution in [0.1, 0.15) is 251 Å². The molecule has 0 aromatic heterocycles. The van der Waals surface area contributed by atoms with Crippen LogP contribution in [-0.2, 0) is 22.3 Å². The van der Waals surface area contributed by atoms with E-state index in [-0.39, 0.29) is 35.5 Å². The molecule has 4 aromatic rings. The number of phenolic OH excluding ortho intramolecular Hbond substituents is 2. The summed E-state index contributed by atoms with van der Waals surface area (Å²) in [7, 11) is 0. The monoisotopic (exact) mass is 933 g/mol. The normalized spacial score (nSPS) is 11.4. The van der Waals surface area contributed by atoms with Crippen LogP contribution in [0.4, 0.5) is 0 Å². The van der Waals surface area contributed by atoms with Gasteiger partial charge in [-0.3, -0.25) is 0 Å². The van der Waals surface area contributed by atoms with E-state index in [1.165, 1.54) is 167 Å². The Bertz CT molecular complexity index is 1890. The van der Waals surface area contributed by atoms with Crippen molar-refractivity contribution in [3.63, 3.8) is 0 Å². The number of hydrogen-bond acceptors (Lipinski definition) is 6. The van der Waals surface area contributed by atoms with Crippen LogP contribution in [0.3, 0.4) is 0 Å². The standard InChI is InChI=1S/C62H92O6/c1-4-6-8-10-12-14-16-18-20-22-24-26-28-30-32-38-44-67-61(65)57-48-51-40-34-36-42-53(51)55(59(57)63)46-50(3)47-56-54-43-37-35-41-52(54)49-58(60(56)64)62(66)68-45-39-33-31-29-27-25-23-21-19-17-15-13-11-9-7-5-2/h34-37,40-43,48-49,63-64H,3-33,38-39,44-47H2,1-2H3. The van der Waals surface area contributed by atoms with Gasteiger partial charge < -0.3 is 19.7 Å². The fourth-order valence-corrected chi connectivity index (χ4v) is 9.84. The van der Waals surface area contributed by atoms with E-state index in [4.69, 9.17) is 9.47 Å². The van der Waals surface area contributed by atoms with Crippen LogP contribution in [0.15, 0.2) is 72.8 Å². The molecule has 0 amide bonds. The number of allylic oxidation sites excluding steroid dienone is 1. The first-order chi connectivity index (χ1) is 33.3. The average molecular weight is 933 g/mol. The summed E-state index contributed by atoms with van der Waals surface area (Å²) in [6.45, 7) is 9.57. The van der Waals surface area contributed by atoms with Crippen LogP contribution in [-0.4, -0.2) is 35.4 Å². The molecule has 0 aliphatic heterocycles. The minimum absolute atomic E-state index is 0.109. The van der Waals surface area contributed by atoms with Gasteiger partial charge in [0.15, 0.2) is 0 Å². The van der Waals surface area contributed by atoms with E-state index in [1.54, 1.807) is 12.1 Å². The average Bonchev–Trinajstić information content (AvgIpc) is 3.34. The van der Waals surface area contributed by atoms with Crippen LogP contribution in [0.5, 0.6) is 11.5 Å². The number of benzene rings is 4. The molecule has 0 radical (unpaired) electrons. The molecule has 2 N–H and O–H groups in total. The second-order valence-corrected chi connectivity index (χ2v) is 19.9. The SMILES string of the molecule is C=C(Cc1c(O)c(C(=O)OCCCCCCCCCCCCCCCCCC)cc2ccccc12)Cc1c(O)c(C(=O)OCCCCCCCCCCCCCCCCCC)cc2ccccc12. The Morgan fingerprint density at radius 2 is 0.676 bits per heavy atom. The number of rotatable bonds is 40. The van der Waals surface area contributed by atoms with Gasteiger partial charge in [-0.15, -0.1) is 0 Å². The Morgan fingerprint density at radius 1 is 0.412 bits per heavy atom. The molecular formula is C62H92O6. The van der Waals surface area contributed by atoms with Crippen LogP contribution in [0, 0.1) is 0 Å². The van der Waals surface area contributed by atoms with Crippen molar-refractivity contribution in [3.05, 3.63) is 95.1 Å². The van der Waals surface area contributed by atoms with E-state index < -0.39 is 11.9 Å². The number of hydrogen-bond donors (Lipinski definition) is 2. The summed E-state index contributed by atoms with van der Waals surface area (Å²) in [5.74, 6) is -1.28. The van der Waals surface area contributed by atoms with Crippen molar-refractivity contribution in [1.82, 2.24) is 0 Å². The van der Waals surface area contributed by atoms with Crippen molar-refractivity contribution in [2.75, 3.05) is 13.2 Å². The zero-order chi connectivity index (χ0) is 48.4. The van der Waals surface area contributed by atoms with E-state index in [0.29, 0.717) is 29.9 Å². The predicted octanol–water partition coefficient (Wildman–Crippen LogP) is 18.6. The minimum atomic E-state index is -0.532. The number of ether oxygens (including phenoxy) is 2. The van der Waals surface area contributed by atoms with Gasteiger partial charge in [0.2, 0.25) is 0 Å². The van der Waals surface area contributed by atoms with Crippen molar-refractivity contribution in [3.8, 4) is 11.5 Å². The first kappa shape index (κ1) is 56.3. The first-order valence-corrected chi connectivity index (χ1v) is 27.8. The van der Waals surface area contributed by atoms with Crippen LogP contribution >= 0.6 is 0 Å². The highest BCUT2D eigenvalue weighted by Crippen LogP contribution is 2.37. The maximum absolute atomic E-state index is 13.4. The molecule has 68 heavy (non-hydrogen) atoms. The number of aromatic hydroxyl groups is 2. The maximum atomic E-state index is 13.4. The number of fused-ring (bicyclic) bond motifs is 2. The van der Waals surface area contributed by atoms with Crippen molar-refractivity contribution in [1.29, 1.82) is 0 Å². The molecule has 0 saturated carbocycles. The van der Waals surface area contributed by atoms with Gasteiger partial charge in [-0.05, 0) is 59.4 Å². The third kappa shape index (κ3) is 21.1. The van der Waals surface area contributed by atoms with Gasteiger partial charge in [-0.25, -0.2) is 9.59 Å². The summed E-state index contributed by atoms with van der Waals surface area (Å²) >= 11 is 0. The number of carbonyl (C=O) groups is 2. The summed E-state index contributed by atoms with van der Waals surface area (Å²) < 4.78 is 11.4. The molecule has 0 aliphatic rings. The summed E-state index contributed by atoms with van der Waals surface area (Å²) in [6.07, 6.45) is 41.5. The molecular weight excluding hydrogens is 841 g/mol. The molecule has 0 saturated heterocycles. The molecule has 376 valence electrons. The lowest BCUT2D eigenvalue weighted by Gasteiger charge is -2.17. The molecule has 0 fully saturated rings. The quantitative estimate of drug-likeness (QED) is 0.0262. The summed E-state index contributed by atoms with van der Waals surface area (Å²) in [5, 5.41) is 26.6. The highest BCUT2D eigenvalue weighted by atomic mass is 16.5. The highest BCUT2D eigenvalue weighted by Gasteiger charge is 2.23.